The zero-order chi connectivity index (χ0) is 22.2. The Bertz CT molecular complexity index is 1000. The highest BCUT2D eigenvalue weighted by Gasteiger charge is 2.40. The van der Waals surface area contributed by atoms with Crippen LogP contribution in [0.4, 0.5) is 24.5 Å². The fourth-order valence-corrected chi connectivity index (χ4v) is 3.46. The molecular formula is C18H15ClF3N3O5. The SMILES string of the molecule is NC1CCN(c2cc(Oc3ccc(C(F)(F)F)cc3Cl)ccc2[N+](=O)[O-])[C@@H]1C(=O)O. The first-order valence-corrected chi connectivity index (χ1v) is 8.95. The summed E-state index contributed by atoms with van der Waals surface area (Å²) < 4.78 is 43.8. The molecule has 0 amide bonds. The molecule has 0 radical (unpaired) electrons. The third-order valence-electron chi connectivity index (χ3n) is 4.64. The summed E-state index contributed by atoms with van der Waals surface area (Å²) in [6.45, 7) is 0.170. The molecule has 1 saturated heterocycles. The van der Waals surface area contributed by atoms with E-state index in [1.165, 1.54) is 17.0 Å². The fraction of sp³-hybridized carbons (Fsp3) is 0.278. The molecule has 30 heavy (non-hydrogen) atoms. The summed E-state index contributed by atoms with van der Waals surface area (Å²) in [5.74, 6) is -1.30. The highest BCUT2D eigenvalue weighted by atomic mass is 35.5. The third kappa shape index (κ3) is 4.26. The molecule has 0 aromatic heterocycles. The molecule has 1 aliphatic heterocycles. The summed E-state index contributed by atoms with van der Waals surface area (Å²) >= 11 is 5.88. The Labute approximate surface area is 172 Å². The number of carbonyl (C=O) groups is 1. The van der Waals surface area contributed by atoms with Crippen molar-refractivity contribution < 1.29 is 32.7 Å². The predicted molar refractivity (Wildman–Crippen MR) is 101 cm³/mol. The van der Waals surface area contributed by atoms with Crippen LogP contribution >= 0.6 is 11.6 Å². The van der Waals surface area contributed by atoms with Gasteiger partial charge in [0.2, 0.25) is 0 Å². The number of nitrogens with two attached hydrogens (primary N) is 1. The number of nitro groups is 1. The van der Waals surface area contributed by atoms with Crippen LogP contribution in [0.3, 0.4) is 0 Å². The fourth-order valence-electron chi connectivity index (χ4n) is 3.24. The summed E-state index contributed by atoms with van der Waals surface area (Å²) in [5, 5.41) is 20.6. The van der Waals surface area contributed by atoms with E-state index in [2.05, 4.69) is 0 Å². The Kier molecular flexibility index (Phi) is 5.77. The molecule has 0 spiro atoms. The lowest BCUT2D eigenvalue weighted by molar-refractivity contribution is -0.384. The molecule has 1 heterocycles. The molecule has 0 saturated carbocycles. The number of hydrogen-bond acceptors (Lipinski definition) is 6. The van der Waals surface area contributed by atoms with E-state index in [-0.39, 0.29) is 34.4 Å². The number of hydrogen-bond donors (Lipinski definition) is 2. The summed E-state index contributed by atoms with van der Waals surface area (Å²) in [7, 11) is 0. The number of nitro benzene ring substituents is 1. The predicted octanol–water partition coefficient (Wildman–Crippen LogP) is 4.05. The molecule has 1 fully saturated rings. The lowest BCUT2D eigenvalue weighted by atomic mass is 10.1. The van der Waals surface area contributed by atoms with Crippen molar-refractivity contribution >= 4 is 28.9 Å². The smallest absolute Gasteiger partial charge is 0.416 e. The number of halogens is 4. The topological polar surface area (TPSA) is 119 Å². The Hall–Kier alpha value is -3.05. The van der Waals surface area contributed by atoms with Crippen molar-refractivity contribution in [2.45, 2.75) is 24.7 Å². The molecular weight excluding hydrogens is 431 g/mol. The molecule has 3 rings (SSSR count). The number of anilines is 1. The van der Waals surface area contributed by atoms with Gasteiger partial charge in [0.25, 0.3) is 5.69 Å². The minimum Gasteiger partial charge on any atom is -0.480 e. The molecule has 1 aliphatic rings. The molecule has 3 N–H and O–H groups in total. The molecule has 2 atom stereocenters. The number of carboxylic acids is 1. The Morgan fingerprint density at radius 1 is 1.30 bits per heavy atom. The highest BCUT2D eigenvalue weighted by Crippen LogP contribution is 2.40. The van der Waals surface area contributed by atoms with Gasteiger partial charge in [-0.2, -0.15) is 13.2 Å². The molecule has 1 unspecified atom stereocenters. The van der Waals surface area contributed by atoms with Crippen LogP contribution in [0.25, 0.3) is 0 Å². The standard InChI is InChI=1S/C18H15ClF3N3O5/c19-11-7-9(18(20,21)22)1-4-15(11)30-10-2-3-13(25(28)29)14(8-10)24-6-5-12(23)16(24)17(26)27/h1-4,7-8,12,16H,5-6,23H2,(H,26,27)/t12?,16-/m0/s1. The van der Waals surface area contributed by atoms with E-state index < -0.39 is 34.7 Å². The van der Waals surface area contributed by atoms with E-state index in [1.807, 2.05) is 0 Å². The number of carboxylic acid groups (broad SMARTS) is 1. The molecule has 0 bridgehead atoms. The van der Waals surface area contributed by atoms with E-state index in [0.717, 1.165) is 18.2 Å². The zero-order valence-electron chi connectivity index (χ0n) is 15.1. The summed E-state index contributed by atoms with van der Waals surface area (Å²) in [6, 6.07) is 4.20. The van der Waals surface area contributed by atoms with Gasteiger partial charge in [0, 0.05) is 24.7 Å². The van der Waals surface area contributed by atoms with E-state index >= 15 is 0 Å². The van der Waals surface area contributed by atoms with Gasteiger partial charge < -0.3 is 20.5 Å². The van der Waals surface area contributed by atoms with Gasteiger partial charge >= 0.3 is 12.1 Å². The highest BCUT2D eigenvalue weighted by molar-refractivity contribution is 6.32. The van der Waals surface area contributed by atoms with Gasteiger partial charge in [-0.3, -0.25) is 10.1 Å². The van der Waals surface area contributed by atoms with Crippen molar-refractivity contribution in [1.29, 1.82) is 0 Å². The Morgan fingerprint density at radius 3 is 2.57 bits per heavy atom. The Balaban J connectivity index is 1.97. The molecule has 2 aromatic rings. The maximum atomic E-state index is 12.8. The molecule has 12 heteroatoms. The first-order chi connectivity index (χ1) is 14.0. The number of benzene rings is 2. The number of rotatable bonds is 5. The van der Waals surface area contributed by atoms with Crippen LogP contribution in [0.1, 0.15) is 12.0 Å². The van der Waals surface area contributed by atoms with Crippen LogP contribution in [-0.2, 0) is 11.0 Å². The second kappa shape index (κ2) is 8.00. The average molecular weight is 446 g/mol. The second-order valence-corrected chi connectivity index (χ2v) is 6.99. The lowest BCUT2D eigenvalue weighted by Gasteiger charge is -2.25. The van der Waals surface area contributed by atoms with Gasteiger partial charge in [0.15, 0.2) is 0 Å². The van der Waals surface area contributed by atoms with Gasteiger partial charge in [-0.15, -0.1) is 0 Å². The van der Waals surface area contributed by atoms with Crippen molar-refractivity contribution in [3.8, 4) is 11.5 Å². The van der Waals surface area contributed by atoms with Crippen molar-refractivity contribution in [3.05, 3.63) is 57.1 Å². The molecule has 0 aliphatic carbocycles. The van der Waals surface area contributed by atoms with E-state index in [9.17, 15) is 33.2 Å². The minimum absolute atomic E-state index is 0.0270. The van der Waals surface area contributed by atoms with Crippen LogP contribution in [0.2, 0.25) is 5.02 Å². The third-order valence-corrected chi connectivity index (χ3v) is 4.93. The van der Waals surface area contributed by atoms with Crippen molar-refractivity contribution in [1.82, 2.24) is 0 Å². The Morgan fingerprint density at radius 2 is 2.00 bits per heavy atom. The van der Waals surface area contributed by atoms with E-state index in [0.29, 0.717) is 12.5 Å². The summed E-state index contributed by atoms with van der Waals surface area (Å²) in [6.07, 6.45) is -4.27. The summed E-state index contributed by atoms with van der Waals surface area (Å²) in [5.41, 5.74) is 4.49. The van der Waals surface area contributed by atoms with Gasteiger partial charge in [-0.25, -0.2) is 4.79 Å². The van der Waals surface area contributed by atoms with Crippen molar-refractivity contribution in [2.24, 2.45) is 5.73 Å². The summed E-state index contributed by atoms with van der Waals surface area (Å²) in [4.78, 5) is 23.6. The number of nitrogens with zero attached hydrogens (tertiary/aromatic N) is 2. The minimum atomic E-state index is -4.58. The van der Waals surface area contributed by atoms with Crippen LogP contribution in [0.5, 0.6) is 11.5 Å². The van der Waals surface area contributed by atoms with Crippen molar-refractivity contribution in [3.63, 3.8) is 0 Å². The first-order valence-electron chi connectivity index (χ1n) is 8.57. The zero-order valence-corrected chi connectivity index (χ0v) is 15.9. The first kappa shape index (κ1) is 21.7. The van der Waals surface area contributed by atoms with Gasteiger partial charge in [0.1, 0.15) is 23.2 Å². The maximum Gasteiger partial charge on any atom is 0.416 e. The molecule has 8 nitrogen and oxygen atoms in total. The van der Waals surface area contributed by atoms with E-state index in [4.69, 9.17) is 22.1 Å². The van der Waals surface area contributed by atoms with Gasteiger partial charge in [-0.05, 0) is 30.7 Å². The van der Waals surface area contributed by atoms with Crippen molar-refractivity contribution in [2.75, 3.05) is 11.4 Å². The van der Waals surface area contributed by atoms with Crippen LogP contribution < -0.4 is 15.4 Å². The van der Waals surface area contributed by atoms with Gasteiger partial charge in [-0.1, -0.05) is 11.6 Å². The largest absolute Gasteiger partial charge is 0.480 e. The normalized spacial score (nSPS) is 19.0. The number of aliphatic carboxylic acids is 1. The maximum absolute atomic E-state index is 12.8. The quantitative estimate of drug-likeness (QED) is 0.526. The lowest BCUT2D eigenvalue weighted by Crippen LogP contribution is -2.45. The van der Waals surface area contributed by atoms with Gasteiger partial charge in [0.05, 0.1) is 15.5 Å². The van der Waals surface area contributed by atoms with Crippen LogP contribution in [-0.4, -0.2) is 34.6 Å². The van der Waals surface area contributed by atoms with E-state index in [1.54, 1.807) is 0 Å². The number of ether oxygens (including phenoxy) is 1. The van der Waals surface area contributed by atoms with Crippen LogP contribution in [0, 0.1) is 10.1 Å². The molecule has 160 valence electrons. The average Bonchev–Trinajstić information content (AvgIpc) is 3.04. The second-order valence-electron chi connectivity index (χ2n) is 6.58. The van der Waals surface area contributed by atoms with Crippen LogP contribution in [0.15, 0.2) is 36.4 Å². The monoisotopic (exact) mass is 445 g/mol. The number of alkyl halides is 3. The molecule has 2 aromatic carbocycles.